The maximum Gasteiger partial charge on any atom is 0.0247 e. The predicted molar refractivity (Wildman–Crippen MR) is 35.8 cm³/mol. The second-order valence-corrected chi connectivity index (χ2v) is 2.95. The van der Waals surface area contributed by atoms with Gasteiger partial charge in [0.2, 0.25) is 0 Å². The fourth-order valence-electron chi connectivity index (χ4n) is 1.22. The lowest BCUT2D eigenvalue weighted by Crippen LogP contribution is -2.01. The van der Waals surface area contributed by atoms with Crippen LogP contribution in [-0.4, -0.2) is 12.1 Å². The molecule has 8 heavy (non-hydrogen) atoms. The van der Waals surface area contributed by atoms with E-state index in [1.165, 1.54) is 6.42 Å². The highest BCUT2D eigenvalue weighted by Gasteiger charge is 2.35. The Balaban J connectivity index is 2.16. The summed E-state index contributed by atoms with van der Waals surface area (Å²) in [5.41, 5.74) is 0. The molecule has 1 aliphatic rings. The monoisotopic (exact) mass is 113 g/mol. The van der Waals surface area contributed by atoms with Crippen LogP contribution in [0, 0.1) is 5.92 Å². The van der Waals surface area contributed by atoms with Gasteiger partial charge in [0.25, 0.3) is 0 Å². The smallest absolute Gasteiger partial charge is 0.0247 e. The SMILES string of the molecule is CCC1NC1C(C)C. The van der Waals surface area contributed by atoms with Crippen molar-refractivity contribution < 1.29 is 0 Å². The molecule has 0 aromatic rings. The first-order valence-electron chi connectivity index (χ1n) is 3.51. The van der Waals surface area contributed by atoms with Crippen LogP contribution >= 0.6 is 0 Å². The van der Waals surface area contributed by atoms with Gasteiger partial charge in [-0.1, -0.05) is 20.8 Å². The van der Waals surface area contributed by atoms with Crippen molar-refractivity contribution in [1.82, 2.24) is 5.32 Å². The van der Waals surface area contributed by atoms with Crippen LogP contribution in [0.2, 0.25) is 0 Å². The Bertz CT molecular complexity index is 78.5. The molecule has 1 saturated heterocycles. The van der Waals surface area contributed by atoms with E-state index in [1.807, 2.05) is 0 Å². The molecule has 1 nitrogen and oxygen atoms in total. The van der Waals surface area contributed by atoms with Gasteiger partial charge in [0.1, 0.15) is 0 Å². The summed E-state index contributed by atoms with van der Waals surface area (Å²) in [5, 5.41) is 3.42. The summed E-state index contributed by atoms with van der Waals surface area (Å²) >= 11 is 0. The first-order valence-corrected chi connectivity index (χ1v) is 3.51. The van der Waals surface area contributed by atoms with Crippen molar-refractivity contribution in [3.05, 3.63) is 0 Å². The minimum atomic E-state index is 0.833. The van der Waals surface area contributed by atoms with Crippen LogP contribution in [0.4, 0.5) is 0 Å². The van der Waals surface area contributed by atoms with Gasteiger partial charge in [-0.2, -0.15) is 0 Å². The maximum absolute atomic E-state index is 3.42. The van der Waals surface area contributed by atoms with Gasteiger partial charge >= 0.3 is 0 Å². The molecule has 0 bridgehead atoms. The zero-order valence-corrected chi connectivity index (χ0v) is 5.94. The van der Waals surface area contributed by atoms with Gasteiger partial charge in [-0.05, 0) is 12.3 Å². The number of hydrogen-bond donors (Lipinski definition) is 1. The van der Waals surface area contributed by atoms with Gasteiger partial charge in [-0.15, -0.1) is 0 Å². The van der Waals surface area contributed by atoms with Crippen molar-refractivity contribution >= 4 is 0 Å². The second-order valence-electron chi connectivity index (χ2n) is 2.95. The molecule has 1 fully saturated rings. The van der Waals surface area contributed by atoms with Crippen LogP contribution in [-0.2, 0) is 0 Å². The van der Waals surface area contributed by atoms with E-state index in [0.29, 0.717) is 0 Å². The van der Waals surface area contributed by atoms with E-state index in [9.17, 15) is 0 Å². The molecule has 1 rings (SSSR count). The average molecular weight is 113 g/mol. The molecule has 0 radical (unpaired) electrons. The summed E-state index contributed by atoms with van der Waals surface area (Å²) in [6.45, 7) is 6.78. The Morgan fingerprint density at radius 2 is 2.12 bits per heavy atom. The summed E-state index contributed by atoms with van der Waals surface area (Å²) in [4.78, 5) is 0. The van der Waals surface area contributed by atoms with Gasteiger partial charge in [-0.3, -0.25) is 0 Å². The van der Waals surface area contributed by atoms with Gasteiger partial charge in [0, 0.05) is 12.1 Å². The van der Waals surface area contributed by atoms with Gasteiger partial charge in [0.15, 0.2) is 0 Å². The van der Waals surface area contributed by atoms with Crippen molar-refractivity contribution in [3.8, 4) is 0 Å². The van der Waals surface area contributed by atoms with E-state index in [4.69, 9.17) is 0 Å². The first kappa shape index (κ1) is 6.09. The highest BCUT2D eigenvalue weighted by Crippen LogP contribution is 2.21. The fourth-order valence-corrected chi connectivity index (χ4v) is 1.22. The van der Waals surface area contributed by atoms with Crippen LogP contribution in [0.1, 0.15) is 27.2 Å². The van der Waals surface area contributed by atoms with Crippen LogP contribution < -0.4 is 5.32 Å². The molecule has 0 aromatic heterocycles. The molecule has 1 N–H and O–H groups in total. The van der Waals surface area contributed by atoms with Crippen molar-refractivity contribution in [2.75, 3.05) is 0 Å². The van der Waals surface area contributed by atoms with Crippen LogP contribution in [0.5, 0.6) is 0 Å². The molecular formula is C7H15N. The summed E-state index contributed by atoms with van der Waals surface area (Å²) in [5.74, 6) is 0.833. The molecule has 1 heterocycles. The number of hydrogen-bond acceptors (Lipinski definition) is 1. The Morgan fingerprint density at radius 3 is 2.25 bits per heavy atom. The highest BCUT2D eigenvalue weighted by atomic mass is 15.1. The lowest BCUT2D eigenvalue weighted by Gasteiger charge is -1.96. The predicted octanol–water partition coefficient (Wildman–Crippen LogP) is 1.39. The lowest BCUT2D eigenvalue weighted by atomic mass is 10.1. The molecule has 48 valence electrons. The Kier molecular flexibility index (Phi) is 1.57. The summed E-state index contributed by atoms with van der Waals surface area (Å²) < 4.78 is 0. The van der Waals surface area contributed by atoms with E-state index in [1.54, 1.807) is 0 Å². The topological polar surface area (TPSA) is 21.9 Å². The summed E-state index contributed by atoms with van der Waals surface area (Å²) in [6, 6.07) is 1.68. The molecule has 1 aliphatic heterocycles. The van der Waals surface area contributed by atoms with Crippen molar-refractivity contribution in [2.24, 2.45) is 5.92 Å². The Morgan fingerprint density at radius 1 is 1.50 bits per heavy atom. The van der Waals surface area contributed by atoms with E-state index in [-0.39, 0.29) is 0 Å². The lowest BCUT2D eigenvalue weighted by molar-refractivity contribution is 0.612. The van der Waals surface area contributed by atoms with Crippen LogP contribution in [0.15, 0.2) is 0 Å². The molecule has 0 aromatic carbocycles. The van der Waals surface area contributed by atoms with E-state index >= 15 is 0 Å². The molecule has 1 heteroatoms. The minimum Gasteiger partial charge on any atom is -0.308 e. The van der Waals surface area contributed by atoms with Gasteiger partial charge in [-0.25, -0.2) is 0 Å². The van der Waals surface area contributed by atoms with Gasteiger partial charge in [0.05, 0.1) is 0 Å². The Labute approximate surface area is 51.5 Å². The average Bonchev–Trinajstić information content (AvgIpc) is 2.42. The van der Waals surface area contributed by atoms with Crippen LogP contribution in [0.3, 0.4) is 0 Å². The van der Waals surface area contributed by atoms with E-state index in [2.05, 4.69) is 26.1 Å². The number of rotatable bonds is 2. The normalized spacial score (nSPS) is 36.0. The minimum absolute atomic E-state index is 0.833. The zero-order chi connectivity index (χ0) is 6.15. The first-order chi connectivity index (χ1) is 3.75. The zero-order valence-electron chi connectivity index (χ0n) is 5.94. The fraction of sp³-hybridized carbons (Fsp3) is 1.00. The largest absolute Gasteiger partial charge is 0.308 e. The molecule has 2 unspecified atom stereocenters. The van der Waals surface area contributed by atoms with Gasteiger partial charge < -0.3 is 5.32 Å². The Hall–Kier alpha value is -0.0400. The highest BCUT2D eigenvalue weighted by molar-refractivity contribution is 4.98. The third-order valence-electron chi connectivity index (χ3n) is 1.89. The van der Waals surface area contributed by atoms with Crippen molar-refractivity contribution in [3.63, 3.8) is 0 Å². The molecular weight excluding hydrogens is 98.1 g/mol. The number of nitrogens with one attached hydrogen (secondary N) is 1. The maximum atomic E-state index is 3.42. The van der Waals surface area contributed by atoms with Crippen molar-refractivity contribution in [1.29, 1.82) is 0 Å². The third kappa shape index (κ3) is 1.03. The quantitative estimate of drug-likeness (QED) is 0.537. The molecule has 2 atom stereocenters. The molecule has 0 saturated carbocycles. The standard InChI is InChI=1S/C7H15N/c1-4-6-7(8-6)5(2)3/h5-8H,4H2,1-3H3. The molecule has 0 spiro atoms. The van der Waals surface area contributed by atoms with E-state index < -0.39 is 0 Å². The molecule has 0 amide bonds. The summed E-state index contributed by atoms with van der Waals surface area (Å²) in [6.07, 6.45) is 1.29. The second kappa shape index (κ2) is 2.06. The van der Waals surface area contributed by atoms with Crippen LogP contribution in [0.25, 0.3) is 0 Å². The van der Waals surface area contributed by atoms with E-state index in [0.717, 1.165) is 18.0 Å². The third-order valence-corrected chi connectivity index (χ3v) is 1.89. The summed E-state index contributed by atoms with van der Waals surface area (Å²) in [7, 11) is 0. The molecule has 0 aliphatic carbocycles. The van der Waals surface area contributed by atoms with Crippen molar-refractivity contribution in [2.45, 2.75) is 39.3 Å².